The van der Waals surface area contributed by atoms with E-state index in [1.165, 1.54) is 0 Å². The zero-order chi connectivity index (χ0) is 6.10. The smallest absolute Gasteiger partial charge is 0.122 e. The van der Waals surface area contributed by atoms with Gasteiger partial charge in [0.1, 0.15) is 5.44 Å². The molecule has 0 aliphatic carbocycles. The summed E-state index contributed by atoms with van der Waals surface area (Å²) in [5, 5.41) is 6.53. The molecule has 2 heterocycles. The fourth-order valence-electron chi connectivity index (χ4n) is 1.14. The van der Waals surface area contributed by atoms with Gasteiger partial charge in [0.15, 0.2) is 0 Å². The van der Waals surface area contributed by atoms with Crippen molar-refractivity contribution >= 4 is 11.8 Å². The second-order valence-electron chi connectivity index (χ2n) is 2.26. The topological polar surface area (TPSA) is 33.3 Å². The Morgan fingerprint density at radius 3 is 3.44 bits per heavy atom. The monoisotopic (exact) mass is 146 g/mol. The van der Waals surface area contributed by atoms with E-state index in [2.05, 4.69) is 10.6 Å². The van der Waals surface area contributed by atoms with Crippen molar-refractivity contribution in [2.24, 2.45) is 0 Å². The van der Waals surface area contributed by atoms with Crippen molar-refractivity contribution in [3.8, 4) is 0 Å². The van der Waals surface area contributed by atoms with Gasteiger partial charge in [-0.25, -0.2) is 0 Å². The quantitative estimate of drug-likeness (QED) is 0.485. The van der Waals surface area contributed by atoms with Crippen molar-refractivity contribution in [2.75, 3.05) is 19.2 Å². The van der Waals surface area contributed by atoms with Crippen LogP contribution in [0.3, 0.4) is 0 Å². The van der Waals surface area contributed by atoms with Crippen LogP contribution in [0.25, 0.3) is 0 Å². The Labute approximate surface area is 58.5 Å². The number of ether oxygens (including phenoxy) is 1. The number of hydrogen-bond donors (Lipinski definition) is 2. The van der Waals surface area contributed by atoms with E-state index in [1.807, 2.05) is 11.8 Å². The highest BCUT2D eigenvalue weighted by molar-refractivity contribution is 7.99. The molecule has 2 fully saturated rings. The van der Waals surface area contributed by atoms with Gasteiger partial charge in [0.25, 0.3) is 0 Å². The van der Waals surface area contributed by atoms with Crippen molar-refractivity contribution in [1.82, 2.24) is 10.6 Å². The third-order valence-corrected chi connectivity index (χ3v) is 2.80. The molecule has 2 atom stereocenters. The lowest BCUT2D eigenvalue weighted by molar-refractivity contribution is 0.163. The highest BCUT2D eigenvalue weighted by atomic mass is 32.2. The van der Waals surface area contributed by atoms with E-state index in [-0.39, 0.29) is 0 Å². The summed E-state index contributed by atoms with van der Waals surface area (Å²) in [7, 11) is 0. The first kappa shape index (κ1) is 5.97. The lowest BCUT2D eigenvalue weighted by atomic mass is 10.3. The van der Waals surface area contributed by atoms with E-state index >= 15 is 0 Å². The van der Waals surface area contributed by atoms with Gasteiger partial charge in [-0.2, -0.15) is 0 Å². The molecule has 2 aliphatic heterocycles. The average molecular weight is 146 g/mol. The Morgan fingerprint density at radius 2 is 2.56 bits per heavy atom. The van der Waals surface area contributed by atoms with Crippen molar-refractivity contribution in [1.29, 1.82) is 0 Å². The Balaban J connectivity index is 1.97. The second-order valence-corrected chi connectivity index (χ2v) is 3.34. The Hall–Kier alpha value is 0.230. The zero-order valence-electron chi connectivity index (χ0n) is 5.09. The van der Waals surface area contributed by atoms with E-state index in [0.717, 1.165) is 19.2 Å². The molecule has 2 N–H and O–H groups in total. The predicted octanol–water partition coefficient (Wildman–Crippen LogP) is -0.448. The number of rotatable bonds is 0. The van der Waals surface area contributed by atoms with Crippen LogP contribution in [0.4, 0.5) is 0 Å². The van der Waals surface area contributed by atoms with Gasteiger partial charge in [-0.15, -0.1) is 11.8 Å². The van der Waals surface area contributed by atoms with Crippen LogP contribution in [0.1, 0.15) is 0 Å². The van der Waals surface area contributed by atoms with Gasteiger partial charge >= 0.3 is 0 Å². The van der Waals surface area contributed by atoms with E-state index in [9.17, 15) is 0 Å². The molecule has 2 unspecified atom stereocenters. The van der Waals surface area contributed by atoms with Crippen molar-refractivity contribution < 1.29 is 4.74 Å². The van der Waals surface area contributed by atoms with Crippen molar-refractivity contribution in [2.45, 2.75) is 11.5 Å². The van der Waals surface area contributed by atoms with Gasteiger partial charge in [0.2, 0.25) is 0 Å². The first-order valence-corrected chi connectivity index (χ1v) is 4.19. The van der Waals surface area contributed by atoms with Gasteiger partial charge in [-0.1, -0.05) is 0 Å². The molecular weight excluding hydrogens is 136 g/mol. The van der Waals surface area contributed by atoms with Gasteiger partial charge in [-0.3, -0.25) is 5.32 Å². The summed E-state index contributed by atoms with van der Waals surface area (Å²) < 4.78 is 5.37. The normalized spacial score (nSPS) is 42.7. The summed E-state index contributed by atoms with van der Waals surface area (Å²) in [5.74, 6) is 1.03. The third-order valence-electron chi connectivity index (χ3n) is 1.64. The Morgan fingerprint density at radius 1 is 1.56 bits per heavy atom. The minimum absolute atomic E-state index is 0.409. The van der Waals surface area contributed by atoms with Crippen LogP contribution in [0.15, 0.2) is 0 Å². The van der Waals surface area contributed by atoms with E-state index in [1.54, 1.807) is 0 Å². The Kier molecular flexibility index (Phi) is 1.63. The molecular formula is C5H10N2OS. The summed E-state index contributed by atoms with van der Waals surface area (Å²) in [6.07, 6.45) is 0. The molecule has 0 saturated carbocycles. The molecule has 0 aromatic heterocycles. The lowest BCUT2D eigenvalue weighted by Gasteiger charge is -2.23. The molecule has 3 nitrogen and oxygen atoms in total. The molecule has 2 aliphatic rings. The Bertz CT molecular complexity index is 99.1. The molecule has 0 amide bonds. The second kappa shape index (κ2) is 2.46. The fourth-order valence-corrected chi connectivity index (χ4v) is 2.13. The first-order valence-electron chi connectivity index (χ1n) is 3.14. The van der Waals surface area contributed by atoms with Crippen LogP contribution in [-0.2, 0) is 4.74 Å². The molecule has 4 heteroatoms. The molecule has 0 radical (unpaired) electrons. The van der Waals surface area contributed by atoms with Gasteiger partial charge in [-0.05, 0) is 0 Å². The maximum Gasteiger partial charge on any atom is 0.122 e. The molecule has 2 rings (SSSR count). The highest BCUT2D eigenvalue weighted by Crippen LogP contribution is 2.21. The molecule has 0 bridgehead atoms. The molecule has 9 heavy (non-hydrogen) atoms. The SMILES string of the molecule is C1NC2CNCSC2O1. The van der Waals surface area contributed by atoms with Crippen LogP contribution < -0.4 is 10.6 Å². The molecule has 2 saturated heterocycles. The molecule has 0 aromatic rings. The summed E-state index contributed by atoms with van der Waals surface area (Å²) in [6.45, 7) is 1.78. The third kappa shape index (κ3) is 1.08. The maximum absolute atomic E-state index is 5.37. The lowest BCUT2D eigenvalue weighted by Crippen LogP contribution is -2.43. The van der Waals surface area contributed by atoms with Gasteiger partial charge in [0.05, 0.1) is 12.8 Å². The van der Waals surface area contributed by atoms with Crippen LogP contribution in [0, 0.1) is 0 Å². The number of fused-ring (bicyclic) bond motifs is 1. The minimum Gasteiger partial charge on any atom is -0.351 e. The number of nitrogens with one attached hydrogen (secondary N) is 2. The van der Waals surface area contributed by atoms with Crippen LogP contribution in [0.2, 0.25) is 0 Å². The van der Waals surface area contributed by atoms with Crippen molar-refractivity contribution in [3.63, 3.8) is 0 Å². The van der Waals surface area contributed by atoms with E-state index < -0.39 is 0 Å². The predicted molar refractivity (Wildman–Crippen MR) is 37.1 cm³/mol. The summed E-state index contributed by atoms with van der Waals surface area (Å²) in [4.78, 5) is 0. The van der Waals surface area contributed by atoms with Crippen LogP contribution >= 0.6 is 11.8 Å². The van der Waals surface area contributed by atoms with Crippen LogP contribution in [0.5, 0.6) is 0 Å². The average Bonchev–Trinajstić information content (AvgIpc) is 2.33. The fraction of sp³-hybridized carbons (Fsp3) is 1.00. The molecule has 52 valence electrons. The maximum atomic E-state index is 5.37. The largest absolute Gasteiger partial charge is 0.351 e. The van der Waals surface area contributed by atoms with Crippen LogP contribution in [-0.4, -0.2) is 30.6 Å². The standard InChI is InChI=1S/C5H10N2OS/c1-4-5(8-2-7-4)9-3-6-1/h4-7H,1-3H2. The zero-order valence-corrected chi connectivity index (χ0v) is 5.91. The highest BCUT2D eigenvalue weighted by Gasteiger charge is 2.30. The van der Waals surface area contributed by atoms with E-state index in [0.29, 0.717) is 11.5 Å². The minimum atomic E-state index is 0.409. The summed E-state index contributed by atoms with van der Waals surface area (Å²) >= 11 is 1.84. The van der Waals surface area contributed by atoms with Gasteiger partial charge < -0.3 is 10.1 Å². The first-order chi connectivity index (χ1) is 4.47. The molecule has 0 aromatic carbocycles. The van der Waals surface area contributed by atoms with Crippen molar-refractivity contribution in [3.05, 3.63) is 0 Å². The molecule has 0 spiro atoms. The number of hydrogen-bond acceptors (Lipinski definition) is 4. The van der Waals surface area contributed by atoms with Gasteiger partial charge in [0, 0.05) is 12.4 Å². The summed E-state index contributed by atoms with van der Waals surface area (Å²) in [5.41, 5.74) is 0.409. The van der Waals surface area contributed by atoms with E-state index in [4.69, 9.17) is 4.74 Å². The number of thioether (sulfide) groups is 1. The summed E-state index contributed by atoms with van der Waals surface area (Å²) in [6, 6.07) is 0.545.